The summed E-state index contributed by atoms with van der Waals surface area (Å²) in [5, 5.41) is 0. The Balaban J connectivity index is 2.68. The van der Waals surface area contributed by atoms with Crippen LogP contribution >= 0.6 is 0 Å². The van der Waals surface area contributed by atoms with Crippen molar-refractivity contribution in [2.75, 3.05) is 6.61 Å². The van der Waals surface area contributed by atoms with Gasteiger partial charge in [0.1, 0.15) is 6.73 Å². The van der Waals surface area contributed by atoms with Crippen molar-refractivity contribution in [3.8, 4) is 0 Å². The number of nitrogens with zero attached hydrogens (tertiary/aromatic N) is 1. The Bertz CT molecular complexity index is 773. The lowest BCUT2D eigenvalue weighted by atomic mass is 9.99. The van der Waals surface area contributed by atoms with Crippen LogP contribution in [0.15, 0.2) is 46.5 Å². The summed E-state index contributed by atoms with van der Waals surface area (Å²) >= 11 is 0. The van der Waals surface area contributed by atoms with Gasteiger partial charge in [0.2, 0.25) is 0 Å². The molecule has 0 aliphatic carbocycles. The van der Waals surface area contributed by atoms with Gasteiger partial charge in [-0.3, -0.25) is 14.3 Å². The molecule has 1 N–H and O–H groups in total. The molecule has 5 nitrogen and oxygen atoms in total. The van der Waals surface area contributed by atoms with E-state index in [0.717, 1.165) is 5.56 Å². The van der Waals surface area contributed by atoms with Gasteiger partial charge in [0, 0.05) is 12.2 Å². The van der Waals surface area contributed by atoms with E-state index in [1.54, 1.807) is 0 Å². The fourth-order valence-electron chi connectivity index (χ4n) is 2.37. The summed E-state index contributed by atoms with van der Waals surface area (Å²) in [7, 11) is 0. The fraction of sp³-hybridized carbons (Fsp3) is 0.294. The third kappa shape index (κ3) is 3.09. The number of nitrogens with one attached hydrogen (secondary N) is 1. The van der Waals surface area contributed by atoms with E-state index in [4.69, 9.17) is 4.74 Å². The highest BCUT2D eigenvalue weighted by atomic mass is 16.5. The normalized spacial score (nSPS) is 10.6. The maximum Gasteiger partial charge on any atom is 0.330 e. The largest absolute Gasteiger partial charge is 0.361 e. The Hall–Kier alpha value is -2.40. The molecule has 116 valence electrons. The summed E-state index contributed by atoms with van der Waals surface area (Å²) in [6.07, 6.45) is 0.503. The van der Waals surface area contributed by atoms with E-state index in [2.05, 4.69) is 11.6 Å². The van der Waals surface area contributed by atoms with E-state index in [-0.39, 0.29) is 12.3 Å². The third-order valence-electron chi connectivity index (χ3n) is 3.48. The van der Waals surface area contributed by atoms with E-state index in [0.29, 0.717) is 29.9 Å². The molecular weight excluding hydrogens is 280 g/mol. The summed E-state index contributed by atoms with van der Waals surface area (Å²) in [6.45, 7) is 8.37. The Kier molecular flexibility index (Phi) is 5.12. The van der Waals surface area contributed by atoms with Gasteiger partial charge in [-0.2, -0.15) is 0 Å². The molecule has 0 saturated heterocycles. The Labute approximate surface area is 128 Å². The lowest BCUT2D eigenvalue weighted by Gasteiger charge is -2.17. The summed E-state index contributed by atoms with van der Waals surface area (Å²) in [6, 6.07) is 9.49. The average molecular weight is 300 g/mol. The number of rotatable bonds is 6. The van der Waals surface area contributed by atoms with Crippen LogP contribution in [0.1, 0.15) is 30.7 Å². The van der Waals surface area contributed by atoms with E-state index in [1.807, 2.05) is 44.2 Å². The first-order valence-corrected chi connectivity index (χ1v) is 7.28. The topological polar surface area (TPSA) is 64.1 Å². The number of benzene rings is 1. The minimum absolute atomic E-state index is 0.0836. The molecule has 0 fully saturated rings. The molecule has 5 heteroatoms. The van der Waals surface area contributed by atoms with Crippen LogP contribution in [0.2, 0.25) is 0 Å². The minimum Gasteiger partial charge on any atom is -0.361 e. The van der Waals surface area contributed by atoms with E-state index in [9.17, 15) is 9.59 Å². The number of aromatic amines is 1. The Morgan fingerprint density at radius 1 is 1.23 bits per heavy atom. The molecule has 0 atom stereocenters. The minimum atomic E-state index is -0.484. The van der Waals surface area contributed by atoms with Crippen molar-refractivity contribution in [1.82, 2.24) is 9.55 Å². The van der Waals surface area contributed by atoms with Gasteiger partial charge in [0.25, 0.3) is 5.56 Å². The second-order valence-corrected chi connectivity index (χ2v) is 4.83. The van der Waals surface area contributed by atoms with Gasteiger partial charge in [-0.1, -0.05) is 43.8 Å². The zero-order valence-corrected chi connectivity index (χ0v) is 12.9. The van der Waals surface area contributed by atoms with Gasteiger partial charge in [-0.25, -0.2) is 4.79 Å². The second-order valence-electron chi connectivity index (χ2n) is 4.83. The molecule has 0 radical (unpaired) electrons. The van der Waals surface area contributed by atoms with Gasteiger partial charge in [-0.15, -0.1) is 0 Å². The molecular formula is C17H20N2O3. The van der Waals surface area contributed by atoms with Crippen molar-refractivity contribution in [3.05, 3.63) is 74.6 Å². The molecule has 1 aromatic carbocycles. The van der Waals surface area contributed by atoms with Crippen LogP contribution in [0.3, 0.4) is 0 Å². The molecule has 2 rings (SSSR count). The molecule has 0 spiro atoms. The van der Waals surface area contributed by atoms with E-state index < -0.39 is 5.69 Å². The standard InChI is InChI=1S/C17H20N2O3/c1-4-14-15(12(3)13-9-7-6-8-10-13)19(11-22-5-2)17(21)18-16(14)20/h6-10H,3-5,11H2,1-2H3,(H,18,20,21). The maximum absolute atomic E-state index is 12.2. The highest BCUT2D eigenvalue weighted by Gasteiger charge is 2.17. The van der Waals surface area contributed by atoms with E-state index in [1.165, 1.54) is 4.57 Å². The smallest absolute Gasteiger partial charge is 0.330 e. The number of ether oxygens (including phenoxy) is 1. The van der Waals surface area contributed by atoms with Gasteiger partial charge < -0.3 is 4.74 Å². The van der Waals surface area contributed by atoms with Crippen molar-refractivity contribution >= 4 is 5.57 Å². The first-order valence-electron chi connectivity index (χ1n) is 7.28. The predicted octanol–water partition coefficient (Wildman–Crippen LogP) is 2.15. The van der Waals surface area contributed by atoms with Gasteiger partial charge >= 0.3 is 5.69 Å². The van der Waals surface area contributed by atoms with Gasteiger partial charge in [-0.05, 0) is 24.5 Å². The Morgan fingerprint density at radius 3 is 2.50 bits per heavy atom. The van der Waals surface area contributed by atoms with Crippen molar-refractivity contribution in [3.63, 3.8) is 0 Å². The summed E-state index contributed by atoms with van der Waals surface area (Å²) < 4.78 is 6.80. The van der Waals surface area contributed by atoms with Crippen LogP contribution in [0.25, 0.3) is 5.57 Å². The second kappa shape index (κ2) is 7.04. The highest BCUT2D eigenvalue weighted by molar-refractivity contribution is 5.77. The summed E-state index contributed by atoms with van der Waals surface area (Å²) in [5.74, 6) is 0. The monoisotopic (exact) mass is 300 g/mol. The SMILES string of the molecule is C=C(c1ccccc1)c1c(CC)c(=O)[nH]c(=O)n1COCC. The van der Waals surface area contributed by atoms with Crippen molar-refractivity contribution in [2.45, 2.75) is 27.0 Å². The zero-order valence-electron chi connectivity index (χ0n) is 12.9. The van der Waals surface area contributed by atoms with Crippen molar-refractivity contribution in [2.24, 2.45) is 0 Å². The lowest BCUT2D eigenvalue weighted by molar-refractivity contribution is 0.0835. The maximum atomic E-state index is 12.2. The quantitative estimate of drug-likeness (QED) is 0.889. The molecule has 0 bridgehead atoms. The van der Waals surface area contributed by atoms with Crippen LogP contribution in [0, 0.1) is 0 Å². The molecule has 0 aliphatic heterocycles. The molecule has 22 heavy (non-hydrogen) atoms. The molecule has 0 aliphatic rings. The molecule has 0 unspecified atom stereocenters. The summed E-state index contributed by atoms with van der Waals surface area (Å²) in [4.78, 5) is 26.6. The van der Waals surface area contributed by atoms with Crippen LogP contribution < -0.4 is 11.2 Å². The van der Waals surface area contributed by atoms with Crippen molar-refractivity contribution < 1.29 is 4.74 Å². The number of aromatic nitrogens is 2. The third-order valence-corrected chi connectivity index (χ3v) is 3.48. The average Bonchev–Trinajstić information content (AvgIpc) is 2.53. The predicted molar refractivity (Wildman–Crippen MR) is 86.9 cm³/mol. The first-order chi connectivity index (χ1) is 10.6. The number of hydrogen-bond donors (Lipinski definition) is 1. The van der Waals surface area contributed by atoms with Crippen LogP contribution in [-0.2, 0) is 17.9 Å². The molecule has 0 saturated carbocycles. The van der Waals surface area contributed by atoms with E-state index >= 15 is 0 Å². The molecule has 0 amide bonds. The highest BCUT2D eigenvalue weighted by Crippen LogP contribution is 2.22. The first kappa shape index (κ1) is 16.0. The van der Waals surface area contributed by atoms with Gasteiger partial charge in [0.15, 0.2) is 0 Å². The number of H-pyrrole nitrogens is 1. The Morgan fingerprint density at radius 2 is 1.91 bits per heavy atom. The van der Waals surface area contributed by atoms with Crippen LogP contribution in [0.5, 0.6) is 0 Å². The van der Waals surface area contributed by atoms with Crippen LogP contribution in [0.4, 0.5) is 0 Å². The fourth-order valence-corrected chi connectivity index (χ4v) is 2.37. The van der Waals surface area contributed by atoms with Crippen LogP contribution in [-0.4, -0.2) is 16.2 Å². The lowest BCUT2D eigenvalue weighted by Crippen LogP contribution is -2.35. The molecule has 2 aromatic rings. The molecule has 1 heterocycles. The van der Waals surface area contributed by atoms with Crippen molar-refractivity contribution in [1.29, 1.82) is 0 Å². The number of hydrogen-bond acceptors (Lipinski definition) is 3. The zero-order chi connectivity index (χ0) is 16.1. The van der Waals surface area contributed by atoms with Gasteiger partial charge in [0.05, 0.1) is 5.69 Å². The molecule has 1 aromatic heterocycles. The summed E-state index contributed by atoms with van der Waals surface area (Å²) in [5.41, 5.74) is 1.73.